The molecule has 5 nitrogen and oxygen atoms in total. The summed E-state index contributed by atoms with van der Waals surface area (Å²) in [5.41, 5.74) is 2.18. The molecule has 2 fully saturated rings. The molecule has 190 valence electrons. The van der Waals surface area contributed by atoms with Crippen molar-refractivity contribution >= 4 is 16.8 Å². The van der Waals surface area contributed by atoms with Crippen molar-refractivity contribution in [3.8, 4) is 11.5 Å². The lowest BCUT2D eigenvalue weighted by Crippen LogP contribution is -2.38. The summed E-state index contributed by atoms with van der Waals surface area (Å²) in [6.45, 7) is 1.60. The van der Waals surface area contributed by atoms with Gasteiger partial charge in [0, 0.05) is 44.3 Å². The van der Waals surface area contributed by atoms with E-state index in [1.54, 1.807) is 0 Å². The van der Waals surface area contributed by atoms with Crippen LogP contribution >= 0.6 is 0 Å². The summed E-state index contributed by atoms with van der Waals surface area (Å²) < 4.78 is 11.7. The molecule has 1 aliphatic heterocycles. The van der Waals surface area contributed by atoms with Gasteiger partial charge in [-0.3, -0.25) is 9.78 Å². The van der Waals surface area contributed by atoms with Crippen LogP contribution in [0.25, 0.3) is 10.9 Å². The molecule has 5 heteroatoms. The van der Waals surface area contributed by atoms with E-state index in [0.29, 0.717) is 24.3 Å². The van der Waals surface area contributed by atoms with Gasteiger partial charge in [-0.2, -0.15) is 0 Å². The van der Waals surface area contributed by atoms with E-state index in [4.69, 9.17) is 14.5 Å². The van der Waals surface area contributed by atoms with Crippen LogP contribution in [0.4, 0.5) is 0 Å². The lowest BCUT2D eigenvalue weighted by Gasteiger charge is -2.33. The number of ether oxygens (including phenoxy) is 2. The molecule has 0 radical (unpaired) electrons. The van der Waals surface area contributed by atoms with Crippen molar-refractivity contribution in [1.82, 2.24) is 9.88 Å². The van der Waals surface area contributed by atoms with Crippen molar-refractivity contribution < 1.29 is 14.3 Å². The summed E-state index contributed by atoms with van der Waals surface area (Å²) in [4.78, 5) is 20.0. The molecule has 1 atom stereocenters. The van der Waals surface area contributed by atoms with Gasteiger partial charge in [0.2, 0.25) is 5.91 Å². The first kappa shape index (κ1) is 24.8. The van der Waals surface area contributed by atoms with E-state index in [-0.39, 0.29) is 5.91 Å². The highest BCUT2D eigenvalue weighted by Gasteiger charge is 2.28. The van der Waals surface area contributed by atoms with Gasteiger partial charge in [0.25, 0.3) is 0 Å². The maximum Gasteiger partial charge on any atom is 0.222 e. The number of aromatic nitrogens is 1. The minimum atomic E-state index is 0.284. The van der Waals surface area contributed by atoms with E-state index in [9.17, 15) is 4.79 Å². The minimum Gasteiger partial charge on any atom is -0.457 e. The Hall–Kier alpha value is -2.92. The largest absolute Gasteiger partial charge is 0.457 e. The lowest BCUT2D eigenvalue weighted by atomic mass is 9.78. The van der Waals surface area contributed by atoms with Gasteiger partial charge in [0.05, 0.1) is 5.52 Å². The van der Waals surface area contributed by atoms with Gasteiger partial charge >= 0.3 is 0 Å². The second-order valence-corrected chi connectivity index (χ2v) is 10.4. The number of rotatable bonds is 8. The number of pyridine rings is 1. The molecule has 3 aromatic rings. The number of benzene rings is 2. The topological polar surface area (TPSA) is 51.7 Å². The standard InChI is InChI=1S/C31H38N2O3/c1-33(26-8-4-2-5-9-26)31(34)15-13-29(23-16-18-35-19-17-23)25-20-24-21-28(12-14-30(24)32-22-25)36-27-10-6-3-7-11-27/h3,6-7,10-12,14,20-23,26,29H,2,4-5,8-9,13,15-19H2,1H3. The summed E-state index contributed by atoms with van der Waals surface area (Å²) in [6.07, 6.45) is 11.6. The fourth-order valence-corrected chi connectivity index (χ4v) is 5.94. The van der Waals surface area contributed by atoms with E-state index < -0.39 is 0 Å². The first-order valence-electron chi connectivity index (χ1n) is 13.6. The molecule has 1 unspecified atom stereocenters. The SMILES string of the molecule is CN(C(=O)CCC(c1cnc2ccc(Oc3ccccc3)cc2c1)C1CCOCC1)C1CCCCC1. The molecule has 0 N–H and O–H groups in total. The molecule has 0 bridgehead atoms. The van der Waals surface area contributed by atoms with Crippen LogP contribution in [0.5, 0.6) is 11.5 Å². The number of amides is 1. The van der Waals surface area contributed by atoms with E-state index in [2.05, 4.69) is 12.1 Å². The summed E-state index contributed by atoms with van der Waals surface area (Å²) in [5, 5.41) is 1.07. The normalized spacial score (nSPS) is 18.1. The monoisotopic (exact) mass is 486 g/mol. The third kappa shape index (κ3) is 6.07. The van der Waals surface area contributed by atoms with Crippen molar-refractivity contribution in [3.63, 3.8) is 0 Å². The molecule has 5 rings (SSSR count). The maximum absolute atomic E-state index is 13.2. The van der Waals surface area contributed by atoms with Gasteiger partial charge < -0.3 is 14.4 Å². The fraction of sp³-hybridized carbons (Fsp3) is 0.484. The number of carbonyl (C=O) groups is 1. The molecular weight excluding hydrogens is 448 g/mol. The molecule has 2 heterocycles. The average Bonchev–Trinajstić information content (AvgIpc) is 2.94. The van der Waals surface area contributed by atoms with Crippen LogP contribution in [0, 0.1) is 5.92 Å². The summed E-state index contributed by atoms with van der Waals surface area (Å²) in [6, 6.07) is 18.6. The number of nitrogens with zero attached hydrogens (tertiary/aromatic N) is 2. The summed E-state index contributed by atoms with van der Waals surface area (Å²) >= 11 is 0. The Morgan fingerprint density at radius 3 is 2.56 bits per heavy atom. The Labute approximate surface area is 214 Å². The predicted molar refractivity (Wildman–Crippen MR) is 143 cm³/mol. The minimum absolute atomic E-state index is 0.284. The fourth-order valence-electron chi connectivity index (χ4n) is 5.94. The zero-order valence-electron chi connectivity index (χ0n) is 21.4. The third-order valence-electron chi connectivity index (χ3n) is 8.10. The van der Waals surface area contributed by atoms with Gasteiger partial charge in [-0.15, -0.1) is 0 Å². The maximum atomic E-state index is 13.2. The molecule has 1 saturated carbocycles. The van der Waals surface area contributed by atoms with Gasteiger partial charge in [-0.25, -0.2) is 0 Å². The van der Waals surface area contributed by atoms with Crippen LogP contribution in [-0.2, 0) is 9.53 Å². The van der Waals surface area contributed by atoms with Crippen molar-refractivity contribution in [1.29, 1.82) is 0 Å². The van der Waals surface area contributed by atoms with Gasteiger partial charge in [-0.1, -0.05) is 37.5 Å². The van der Waals surface area contributed by atoms with Crippen LogP contribution in [-0.4, -0.2) is 42.1 Å². The molecule has 1 aromatic heterocycles. The first-order valence-corrected chi connectivity index (χ1v) is 13.6. The smallest absolute Gasteiger partial charge is 0.222 e. The van der Waals surface area contributed by atoms with Crippen LogP contribution in [0.3, 0.4) is 0 Å². The highest BCUT2D eigenvalue weighted by Crippen LogP contribution is 2.37. The average molecular weight is 487 g/mol. The second-order valence-electron chi connectivity index (χ2n) is 10.4. The van der Waals surface area contributed by atoms with Crippen LogP contribution in [0.1, 0.15) is 69.3 Å². The molecule has 1 amide bonds. The molecular formula is C31H38N2O3. The number of hydrogen-bond donors (Lipinski definition) is 0. The van der Waals surface area contributed by atoms with E-state index in [1.807, 2.05) is 60.6 Å². The summed E-state index contributed by atoms with van der Waals surface area (Å²) in [7, 11) is 2.01. The van der Waals surface area contributed by atoms with Crippen molar-refractivity contribution in [3.05, 3.63) is 66.4 Å². The van der Waals surface area contributed by atoms with E-state index in [0.717, 1.165) is 67.7 Å². The number of carbonyl (C=O) groups excluding carboxylic acids is 1. The number of fused-ring (bicyclic) bond motifs is 1. The predicted octanol–water partition coefficient (Wildman–Crippen LogP) is 7.11. The molecule has 2 aliphatic rings. The van der Waals surface area contributed by atoms with Gasteiger partial charge in [0.15, 0.2) is 0 Å². The first-order chi connectivity index (χ1) is 17.7. The summed E-state index contributed by atoms with van der Waals surface area (Å²) in [5.74, 6) is 2.72. The number of para-hydroxylation sites is 1. The molecule has 36 heavy (non-hydrogen) atoms. The Balaban J connectivity index is 1.34. The zero-order chi connectivity index (χ0) is 24.7. The van der Waals surface area contributed by atoms with Crippen molar-refractivity contribution in [2.24, 2.45) is 5.92 Å². The molecule has 0 spiro atoms. The lowest BCUT2D eigenvalue weighted by molar-refractivity contribution is -0.132. The van der Waals surface area contributed by atoms with Crippen LogP contribution in [0.15, 0.2) is 60.8 Å². The highest BCUT2D eigenvalue weighted by atomic mass is 16.5. The van der Waals surface area contributed by atoms with Crippen LogP contribution in [0.2, 0.25) is 0 Å². The Kier molecular flexibility index (Phi) is 8.17. The molecule has 1 aliphatic carbocycles. The molecule has 2 aromatic carbocycles. The van der Waals surface area contributed by atoms with Gasteiger partial charge in [-0.05, 0) is 85.9 Å². The van der Waals surface area contributed by atoms with Crippen molar-refractivity contribution in [2.45, 2.75) is 69.7 Å². The Morgan fingerprint density at radius 2 is 1.78 bits per heavy atom. The van der Waals surface area contributed by atoms with E-state index in [1.165, 1.54) is 24.8 Å². The molecule has 1 saturated heterocycles. The number of hydrogen-bond acceptors (Lipinski definition) is 4. The van der Waals surface area contributed by atoms with Gasteiger partial charge in [0.1, 0.15) is 11.5 Å². The van der Waals surface area contributed by atoms with Crippen LogP contribution < -0.4 is 4.74 Å². The Morgan fingerprint density at radius 1 is 1.00 bits per heavy atom. The second kappa shape index (κ2) is 11.9. The quantitative estimate of drug-likeness (QED) is 0.340. The third-order valence-corrected chi connectivity index (χ3v) is 8.10. The zero-order valence-corrected chi connectivity index (χ0v) is 21.4. The van der Waals surface area contributed by atoms with Crippen molar-refractivity contribution in [2.75, 3.05) is 20.3 Å². The Bertz CT molecular complexity index is 1140. The van der Waals surface area contributed by atoms with E-state index >= 15 is 0 Å². The highest BCUT2D eigenvalue weighted by molar-refractivity contribution is 5.81.